The van der Waals surface area contributed by atoms with Crippen molar-refractivity contribution in [2.45, 2.75) is 58.3 Å². The summed E-state index contributed by atoms with van der Waals surface area (Å²) in [5.74, 6) is 1.01. The van der Waals surface area contributed by atoms with Crippen molar-refractivity contribution in [3.05, 3.63) is 34.2 Å². The van der Waals surface area contributed by atoms with Crippen LogP contribution in [0.1, 0.15) is 63.0 Å². The van der Waals surface area contributed by atoms with E-state index in [2.05, 4.69) is 35.8 Å². The molecule has 1 aromatic rings. The molecule has 1 radical (unpaired) electrons. The van der Waals surface area contributed by atoms with Crippen molar-refractivity contribution < 1.29 is 34.4 Å². The number of nitrogens with zero attached hydrogens (tertiary/aromatic N) is 1. The van der Waals surface area contributed by atoms with Gasteiger partial charge in [0.05, 0.1) is 28.8 Å². The predicted octanol–water partition coefficient (Wildman–Crippen LogP) is 0.725. The van der Waals surface area contributed by atoms with E-state index in [4.69, 9.17) is 4.74 Å². The number of aryl methyl sites for hydroxylation is 1. The summed E-state index contributed by atoms with van der Waals surface area (Å²) in [6, 6.07) is 6.47. The lowest BCUT2D eigenvalue weighted by Gasteiger charge is -2.13. The molecule has 0 spiro atoms. The van der Waals surface area contributed by atoms with E-state index < -0.39 is 0 Å². The number of allylic oxidation sites excluding steroid dienone is 1. The van der Waals surface area contributed by atoms with Gasteiger partial charge in [-0.1, -0.05) is 39.0 Å². The van der Waals surface area contributed by atoms with Crippen molar-refractivity contribution in [3.8, 4) is 5.75 Å². The number of hydrogen-bond acceptors (Lipinski definition) is 3. The molecule has 3 nitrogen and oxygen atoms in total. The van der Waals surface area contributed by atoms with Gasteiger partial charge in [0, 0.05) is 0 Å². The summed E-state index contributed by atoms with van der Waals surface area (Å²) < 4.78 is 5.94. The number of ether oxygens (including phenoxy) is 1. The fraction of sp³-hybridized carbons (Fsp3) is 0.526. The lowest BCUT2D eigenvalue weighted by Crippen LogP contribution is -3.00. The normalized spacial score (nSPS) is 15.5. The zero-order valence-corrected chi connectivity index (χ0v) is 17.4. The van der Waals surface area contributed by atoms with Gasteiger partial charge in [-0.3, -0.25) is 5.73 Å². The lowest BCUT2D eigenvalue weighted by atomic mass is 9.94. The number of aliphatic imine (C=N–C) groups is 1. The van der Waals surface area contributed by atoms with Crippen LogP contribution in [0.5, 0.6) is 5.75 Å². The van der Waals surface area contributed by atoms with Gasteiger partial charge >= 0.3 is 10.9 Å². The van der Waals surface area contributed by atoms with E-state index in [0.717, 1.165) is 42.5 Å². The van der Waals surface area contributed by atoms with E-state index in [9.17, 15) is 0 Å². The summed E-state index contributed by atoms with van der Waals surface area (Å²) in [6.07, 6.45) is 9.96. The summed E-state index contributed by atoms with van der Waals surface area (Å²) in [4.78, 5) is 5.98. The van der Waals surface area contributed by atoms with Crippen molar-refractivity contribution >= 4 is 22.6 Å². The first-order valence-electron chi connectivity index (χ1n) is 8.85. The molecular weight excluding hydrogens is 431 g/mol. The molecule has 0 unspecified atom stereocenters. The number of thioether (sulfide) groups is 1. The Morgan fingerprint density at radius 2 is 1.92 bits per heavy atom. The molecule has 5 heteroatoms. The maximum Gasteiger partial charge on any atom is 0.471 e. The quantitative estimate of drug-likeness (QED) is 0.461. The third-order valence-electron chi connectivity index (χ3n) is 4.46. The highest BCUT2D eigenvalue weighted by molar-refractivity contribution is 8.17. The summed E-state index contributed by atoms with van der Waals surface area (Å²) >= 11 is 1.73. The van der Waals surface area contributed by atoms with E-state index in [1.807, 2.05) is 0 Å². The molecule has 0 saturated carbocycles. The Kier molecular flexibility index (Phi) is 8.10. The van der Waals surface area contributed by atoms with Crippen LogP contribution in [0.3, 0.4) is 0 Å². The minimum Gasteiger partial charge on any atom is -1.00 e. The van der Waals surface area contributed by atoms with Crippen molar-refractivity contribution in [1.82, 2.24) is 4.99 Å². The van der Waals surface area contributed by atoms with Crippen molar-refractivity contribution in [1.29, 1.82) is 0 Å². The van der Waals surface area contributed by atoms with E-state index in [-0.39, 0.29) is 24.0 Å². The second-order valence-electron chi connectivity index (χ2n) is 6.31. The summed E-state index contributed by atoms with van der Waals surface area (Å²) in [5, 5.41) is 0.922. The fourth-order valence-corrected chi connectivity index (χ4v) is 4.08. The molecule has 0 fully saturated rings. The Hall–Kier alpha value is -0.530. The SMILES string of the molecule is CCCCCCCCOc1ccc2c(c1)CCC1=C2[N+]=C([NH3+])S1.[I-]. The van der Waals surface area contributed by atoms with Crippen molar-refractivity contribution in [3.63, 3.8) is 0 Å². The lowest BCUT2D eigenvalue weighted by molar-refractivity contribution is -0.206. The van der Waals surface area contributed by atoms with E-state index >= 15 is 0 Å². The van der Waals surface area contributed by atoms with Crippen LogP contribution < -0.4 is 39.4 Å². The van der Waals surface area contributed by atoms with Gasteiger partial charge in [0.15, 0.2) is 0 Å². The zero-order valence-electron chi connectivity index (χ0n) is 14.4. The molecule has 3 N–H and O–H groups in total. The third-order valence-corrected chi connectivity index (χ3v) is 5.43. The van der Waals surface area contributed by atoms with Crippen molar-refractivity contribution in [2.24, 2.45) is 0 Å². The highest BCUT2D eigenvalue weighted by Crippen LogP contribution is 2.39. The Balaban J connectivity index is 0.00000208. The van der Waals surface area contributed by atoms with Gasteiger partial charge in [-0.25, -0.2) is 0 Å². The number of quaternary nitrogens is 1. The number of halogens is 1. The van der Waals surface area contributed by atoms with E-state index in [1.165, 1.54) is 48.1 Å². The van der Waals surface area contributed by atoms with Gasteiger partial charge in [0.25, 0.3) is 0 Å². The standard InChI is InChI=1S/C19H26N2OS.HI/c1-2-3-4-5-6-7-12-22-15-9-10-16-14(13-15)8-11-17-18(16)21-19(20)23-17;/h9-10,13H,2-8,11-12,20H2,1H3;1H/q+1;. The van der Waals surface area contributed by atoms with Crippen molar-refractivity contribution in [2.75, 3.05) is 6.61 Å². The molecule has 1 aliphatic carbocycles. The summed E-state index contributed by atoms with van der Waals surface area (Å²) in [5.41, 5.74) is 7.75. The molecule has 3 rings (SSSR count). The molecule has 1 aromatic carbocycles. The molecule has 1 heterocycles. The van der Waals surface area contributed by atoms with Crippen LogP contribution in [0.4, 0.5) is 0 Å². The highest BCUT2D eigenvalue weighted by atomic mass is 127. The third kappa shape index (κ3) is 4.99. The monoisotopic (exact) mass is 458 g/mol. The number of benzene rings is 1. The molecule has 0 saturated heterocycles. The van der Waals surface area contributed by atoms with Crippen LogP contribution in [0.2, 0.25) is 0 Å². The molecule has 24 heavy (non-hydrogen) atoms. The van der Waals surface area contributed by atoms with Gasteiger partial charge in [-0.05, 0) is 43.0 Å². The number of hydrogen-bond donors (Lipinski definition) is 1. The van der Waals surface area contributed by atoms with Crippen LogP contribution in [0.25, 0.3) is 5.70 Å². The first-order valence-corrected chi connectivity index (χ1v) is 9.67. The first kappa shape index (κ1) is 19.8. The number of unbranched alkanes of at least 4 members (excludes halogenated alkanes) is 5. The van der Waals surface area contributed by atoms with Crippen LogP contribution in [0, 0.1) is 0 Å². The second kappa shape index (κ2) is 9.82. The second-order valence-corrected chi connectivity index (χ2v) is 7.48. The number of rotatable bonds is 8. The Labute approximate surface area is 166 Å². The zero-order chi connectivity index (χ0) is 16.1. The van der Waals surface area contributed by atoms with Gasteiger partial charge in [-0.2, -0.15) is 0 Å². The number of amidine groups is 1. The molecule has 0 atom stereocenters. The van der Waals surface area contributed by atoms with Crippen LogP contribution in [-0.4, -0.2) is 11.8 Å². The average molecular weight is 458 g/mol. The molecule has 0 amide bonds. The largest absolute Gasteiger partial charge is 1.00 e. The predicted molar refractivity (Wildman–Crippen MR) is 98.2 cm³/mol. The maximum absolute atomic E-state index is 5.94. The molecule has 0 aromatic heterocycles. The summed E-state index contributed by atoms with van der Waals surface area (Å²) in [7, 11) is 0. The van der Waals surface area contributed by atoms with Gasteiger partial charge in [-0.15, -0.1) is 0 Å². The molecule has 0 bridgehead atoms. The Morgan fingerprint density at radius 1 is 1.12 bits per heavy atom. The maximum atomic E-state index is 5.94. The van der Waals surface area contributed by atoms with Crippen LogP contribution in [0.15, 0.2) is 23.1 Å². The van der Waals surface area contributed by atoms with Gasteiger partial charge in [0.1, 0.15) is 10.7 Å². The molecule has 2 aliphatic rings. The number of fused-ring (bicyclic) bond motifs is 2. The first-order chi connectivity index (χ1) is 11.3. The van der Waals surface area contributed by atoms with Crippen LogP contribution >= 0.6 is 11.8 Å². The smallest absolute Gasteiger partial charge is 0.471 e. The fourth-order valence-electron chi connectivity index (χ4n) is 3.20. The van der Waals surface area contributed by atoms with Gasteiger partial charge in [0.2, 0.25) is 0 Å². The average Bonchev–Trinajstić information content (AvgIpc) is 2.94. The highest BCUT2D eigenvalue weighted by Gasteiger charge is 2.37. The molecule has 131 valence electrons. The molecular formula is C19H27IN2OS+. The van der Waals surface area contributed by atoms with Crippen LogP contribution in [-0.2, 0) is 6.42 Å². The minimum absolute atomic E-state index is 0. The summed E-state index contributed by atoms with van der Waals surface area (Å²) in [6.45, 7) is 3.08. The van der Waals surface area contributed by atoms with E-state index in [1.54, 1.807) is 11.8 Å². The van der Waals surface area contributed by atoms with Gasteiger partial charge < -0.3 is 28.7 Å². The molecule has 1 aliphatic heterocycles. The Morgan fingerprint density at radius 3 is 2.75 bits per heavy atom. The Bertz CT molecular complexity index is 628. The minimum atomic E-state index is 0. The topological polar surface area (TPSA) is 51.0 Å². The van der Waals surface area contributed by atoms with E-state index in [0.29, 0.717) is 0 Å².